The molecule has 0 saturated carbocycles. The number of aryl methyl sites for hydroxylation is 1. The van der Waals surface area contributed by atoms with E-state index in [1.54, 1.807) is 11.8 Å². The van der Waals surface area contributed by atoms with E-state index in [9.17, 15) is 9.18 Å². The summed E-state index contributed by atoms with van der Waals surface area (Å²) >= 11 is 1.60. The van der Waals surface area contributed by atoms with Crippen LogP contribution in [0.5, 0.6) is 0 Å². The maximum Gasteiger partial charge on any atom is 0.240 e. The zero-order valence-corrected chi connectivity index (χ0v) is 16.1. The highest BCUT2D eigenvalue weighted by Gasteiger charge is 2.31. The Kier molecular flexibility index (Phi) is 5.16. The SMILES string of the molecule is CC1Sc2ccccc2N(Cc2nc3ccccc3n2CCCCF)C1=O. The van der Waals surface area contributed by atoms with Crippen molar-refractivity contribution in [3.05, 3.63) is 54.4 Å². The average molecular weight is 383 g/mol. The number of nitrogens with zero attached hydrogens (tertiary/aromatic N) is 3. The van der Waals surface area contributed by atoms with Crippen LogP contribution in [0, 0.1) is 0 Å². The van der Waals surface area contributed by atoms with Crippen molar-refractivity contribution < 1.29 is 9.18 Å². The maximum absolute atomic E-state index is 12.9. The van der Waals surface area contributed by atoms with Crippen LogP contribution in [0.3, 0.4) is 0 Å². The summed E-state index contributed by atoms with van der Waals surface area (Å²) in [6.45, 7) is 2.76. The first kappa shape index (κ1) is 18.0. The van der Waals surface area contributed by atoms with E-state index in [2.05, 4.69) is 10.6 Å². The highest BCUT2D eigenvalue weighted by Crippen LogP contribution is 2.39. The second-order valence-corrected chi connectivity index (χ2v) is 8.10. The van der Waals surface area contributed by atoms with Gasteiger partial charge in [0.1, 0.15) is 5.82 Å². The minimum Gasteiger partial charge on any atom is -0.326 e. The summed E-state index contributed by atoms with van der Waals surface area (Å²) in [5.74, 6) is 0.943. The number of imidazole rings is 1. The molecule has 0 bridgehead atoms. The second kappa shape index (κ2) is 7.72. The number of halogens is 1. The Balaban J connectivity index is 1.72. The molecule has 1 aliphatic heterocycles. The van der Waals surface area contributed by atoms with Gasteiger partial charge in [0.25, 0.3) is 0 Å². The number of hydrogen-bond donors (Lipinski definition) is 0. The van der Waals surface area contributed by atoms with Crippen molar-refractivity contribution in [2.45, 2.75) is 43.0 Å². The van der Waals surface area contributed by atoms with Gasteiger partial charge in [-0.25, -0.2) is 4.98 Å². The van der Waals surface area contributed by atoms with Crippen molar-refractivity contribution in [3.8, 4) is 0 Å². The number of para-hydroxylation sites is 3. The first-order valence-corrected chi connectivity index (χ1v) is 10.1. The van der Waals surface area contributed by atoms with E-state index >= 15 is 0 Å². The van der Waals surface area contributed by atoms with E-state index in [-0.39, 0.29) is 17.8 Å². The molecule has 6 heteroatoms. The fourth-order valence-corrected chi connectivity index (χ4v) is 4.59. The number of thioether (sulfide) groups is 1. The molecule has 0 N–H and O–H groups in total. The van der Waals surface area contributed by atoms with Crippen LogP contribution in [0.15, 0.2) is 53.4 Å². The molecule has 0 saturated heterocycles. The summed E-state index contributed by atoms with van der Waals surface area (Å²) in [5, 5.41) is -0.121. The molecule has 1 amide bonds. The lowest BCUT2D eigenvalue weighted by atomic mass is 10.2. The Morgan fingerprint density at radius 2 is 1.89 bits per heavy atom. The molecule has 3 aromatic rings. The molecular weight excluding hydrogens is 361 g/mol. The van der Waals surface area contributed by atoms with E-state index in [1.807, 2.05) is 54.3 Å². The lowest BCUT2D eigenvalue weighted by molar-refractivity contribution is -0.118. The number of aromatic nitrogens is 2. The quantitative estimate of drug-likeness (QED) is 0.573. The molecule has 0 spiro atoms. The van der Waals surface area contributed by atoms with Crippen molar-refractivity contribution >= 4 is 34.4 Å². The fourth-order valence-electron chi connectivity index (χ4n) is 3.52. The van der Waals surface area contributed by atoms with Crippen molar-refractivity contribution in [1.29, 1.82) is 0 Å². The Morgan fingerprint density at radius 1 is 1.11 bits per heavy atom. The van der Waals surface area contributed by atoms with Crippen molar-refractivity contribution in [1.82, 2.24) is 9.55 Å². The van der Waals surface area contributed by atoms with Gasteiger partial charge in [-0.05, 0) is 44.0 Å². The molecule has 0 fully saturated rings. The monoisotopic (exact) mass is 383 g/mol. The molecule has 1 atom stereocenters. The summed E-state index contributed by atoms with van der Waals surface area (Å²) in [7, 11) is 0. The molecule has 2 aromatic carbocycles. The number of carbonyl (C=O) groups excluding carboxylic acids is 1. The number of amides is 1. The third kappa shape index (κ3) is 3.46. The van der Waals surface area contributed by atoms with Gasteiger partial charge in [-0.2, -0.15) is 0 Å². The van der Waals surface area contributed by atoms with Crippen LogP contribution in [0.4, 0.5) is 10.1 Å². The second-order valence-electron chi connectivity index (χ2n) is 6.72. The smallest absolute Gasteiger partial charge is 0.240 e. The summed E-state index contributed by atoms with van der Waals surface area (Å²) in [6.07, 6.45) is 1.28. The molecule has 140 valence electrons. The molecule has 2 heterocycles. The summed E-state index contributed by atoms with van der Waals surface area (Å²) in [5.41, 5.74) is 2.88. The predicted octanol–water partition coefficient (Wildman–Crippen LogP) is 4.81. The van der Waals surface area contributed by atoms with E-state index in [0.29, 0.717) is 19.5 Å². The molecule has 1 aliphatic rings. The average Bonchev–Trinajstić information content (AvgIpc) is 3.03. The third-order valence-corrected chi connectivity index (χ3v) is 6.03. The van der Waals surface area contributed by atoms with Gasteiger partial charge in [-0.15, -0.1) is 11.8 Å². The van der Waals surface area contributed by atoms with Gasteiger partial charge in [-0.1, -0.05) is 24.3 Å². The van der Waals surface area contributed by atoms with Crippen LogP contribution in [0.1, 0.15) is 25.6 Å². The minimum absolute atomic E-state index is 0.0982. The number of alkyl halides is 1. The lowest BCUT2D eigenvalue weighted by Crippen LogP contribution is -2.39. The number of anilines is 1. The fraction of sp³-hybridized carbons (Fsp3) is 0.333. The Morgan fingerprint density at radius 3 is 2.74 bits per heavy atom. The zero-order valence-electron chi connectivity index (χ0n) is 15.3. The number of rotatable bonds is 6. The van der Waals surface area contributed by atoms with Gasteiger partial charge in [0.05, 0.1) is 35.2 Å². The highest BCUT2D eigenvalue weighted by atomic mass is 32.2. The number of carbonyl (C=O) groups is 1. The lowest BCUT2D eigenvalue weighted by Gasteiger charge is -2.32. The van der Waals surface area contributed by atoms with Crippen molar-refractivity contribution in [2.75, 3.05) is 11.6 Å². The molecule has 4 rings (SSSR count). The summed E-state index contributed by atoms with van der Waals surface area (Å²) < 4.78 is 14.7. The Hall–Kier alpha value is -2.34. The number of unbranched alkanes of at least 4 members (excludes halogenated alkanes) is 1. The van der Waals surface area contributed by atoms with Crippen LogP contribution in [-0.2, 0) is 17.9 Å². The van der Waals surface area contributed by atoms with Gasteiger partial charge in [-0.3, -0.25) is 9.18 Å². The van der Waals surface area contributed by atoms with Crippen LogP contribution >= 0.6 is 11.8 Å². The maximum atomic E-state index is 12.9. The van der Waals surface area contributed by atoms with Gasteiger partial charge in [0, 0.05) is 11.4 Å². The standard InChI is InChI=1S/C21H22FN3OS/c1-15-21(26)25(18-10-4-5-11-19(18)27-15)14-20-23-16-8-2-3-9-17(16)24(20)13-7-6-12-22/h2-5,8-11,15H,6-7,12-14H2,1H3. The van der Waals surface area contributed by atoms with E-state index in [0.717, 1.165) is 33.9 Å². The Labute approximate surface area is 162 Å². The van der Waals surface area contributed by atoms with Crippen LogP contribution in [-0.4, -0.2) is 27.4 Å². The first-order valence-electron chi connectivity index (χ1n) is 9.26. The normalized spacial score (nSPS) is 16.7. The largest absolute Gasteiger partial charge is 0.326 e. The van der Waals surface area contributed by atoms with E-state index in [4.69, 9.17) is 4.98 Å². The molecular formula is C21H22FN3OS. The summed E-state index contributed by atoms with van der Waals surface area (Å²) in [4.78, 5) is 20.6. The van der Waals surface area contributed by atoms with Gasteiger partial charge < -0.3 is 9.47 Å². The summed E-state index contributed by atoms with van der Waals surface area (Å²) in [6, 6.07) is 16.0. The molecule has 1 aromatic heterocycles. The molecule has 0 radical (unpaired) electrons. The van der Waals surface area contributed by atoms with Crippen LogP contribution in [0.25, 0.3) is 11.0 Å². The molecule has 1 unspecified atom stereocenters. The van der Waals surface area contributed by atoms with E-state index in [1.165, 1.54) is 0 Å². The third-order valence-electron chi connectivity index (χ3n) is 4.87. The van der Waals surface area contributed by atoms with Gasteiger partial charge >= 0.3 is 0 Å². The molecule has 0 aliphatic carbocycles. The van der Waals surface area contributed by atoms with Gasteiger partial charge in [0.15, 0.2) is 0 Å². The van der Waals surface area contributed by atoms with Crippen LogP contribution < -0.4 is 4.90 Å². The van der Waals surface area contributed by atoms with Gasteiger partial charge in [0.2, 0.25) is 5.91 Å². The first-order chi connectivity index (χ1) is 13.2. The topological polar surface area (TPSA) is 38.1 Å². The number of fused-ring (bicyclic) bond motifs is 2. The Bertz CT molecular complexity index is 971. The van der Waals surface area contributed by atoms with Crippen molar-refractivity contribution in [3.63, 3.8) is 0 Å². The molecule has 4 nitrogen and oxygen atoms in total. The number of hydrogen-bond acceptors (Lipinski definition) is 3. The van der Waals surface area contributed by atoms with Crippen LogP contribution in [0.2, 0.25) is 0 Å². The minimum atomic E-state index is -0.311. The van der Waals surface area contributed by atoms with Crippen molar-refractivity contribution in [2.24, 2.45) is 0 Å². The molecule has 27 heavy (non-hydrogen) atoms. The predicted molar refractivity (Wildman–Crippen MR) is 108 cm³/mol. The highest BCUT2D eigenvalue weighted by molar-refractivity contribution is 8.00. The number of benzene rings is 2. The zero-order chi connectivity index (χ0) is 18.8. The van der Waals surface area contributed by atoms with E-state index < -0.39 is 0 Å².